The Bertz CT molecular complexity index is 1150. The lowest BCUT2D eigenvalue weighted by atomic mass is 9.66. The van der Waals surface area contributed by atoms with Crippen LogP contribution in [0.2, 0.25) is 21.4 Å². The molecule has 0 heterocycles. The van der Waals surface area contributed by atoms with E-state index >= 15 is 0 Å². The minimum atomic E-state index is -1.77. The third-order valence-corrected chi connectivity index (χ3v) is 7.71. The first kappa shape index (κ1) is 39.5. The number of nitrogens with zero attached hydrogens (tertiary/aromatic N) is 2. The Morgan fingerprint density at radius 2 is 0.860 bits per heavy atom. The number of unbranched alkanes of at least 4 members (excludes halogenated alkanes) is 2. The fourth-order valence-electron chi connectivity index (χ4n) is 4.39. The van der Waals surface area contributed by atoms with E-state index in [0.717, 1.165) is 61.6 Å². The van der Waals surface area contributed by atoms with Crippen molar-refractivity contribution in [3.05, 3.63) is 103 Å². The molecule has 3 aromatic carbocycles. The molecule has 0 amide bonds. The molecule has 0 aliphatic rings. The highest BCUT2D eigenvalue weighted by Gasteiger charge is 2.37. The third-order valence-electron chi connectivity index (χ3n) is 6.49. The number of benzene rings is 3. The molecule has 0 radical (unpaired) electrons. The van der Waals surface area contributed by atoms with Crippen molar-refractivity contribution in [2.24, 2.45) is 0 Å². The predicted octanol–water partition coefficient (Wildman–Crippen LogP) is 7.32. The van der Waals surface area contributed by atoms with Gasteiger partial charge in [-0.3, -0.25) is 0 Å². The molecule has 3 rings (SSSR count). The quantitative estimate of drug-likeness (QED) is 0.106. The van der Waals surface area contributed by atoms with Gasteiger partial charge < -0.3 is 19.0 Å². The number of hydrogen-bond acceptors (Lipinski definition) is 2. The van der Waals surface area contributed by atoms with E-state index in [4.69, 9.17) is 34.8 Å². The molecule has 238 valence electrons. The molecule has 0 spiro atoms. The molecule has 0 saturated carbocycles. The highest BCUT2D eigenvalue weighted by molar-refractivity contribution is 6.36. The van der Waals surface area contributed by atoms with Crippen LogP contribution >= 0.6 is 34.8 Å². The zero-order valence-electron chi connectivity index (χ0n) is 28.2. The first-order chi connectivity index (χ1) is 19.6. The Balaban J connectivity index is 0.000000798. The summed E-state index contributed by atoms with van der Waals surface area (Å²) in [7, 11) is 15.2. The molecule has 0 bridgehead atoms. The van der Waals surface area contributed by atoms with Gasteiger partial charge in [0.1, 0.15) is 0 Å². The molecular formula is C35H52BCl3N2O2. The van der Waals surface area contributed by atoms with Crippen LogP contribution in [0.3, 0.4) is 0 Å². The van der Waals surface area contributed by atoms with Crippen LogP contribution in [0.25, 0.3) is 0 Å². The van der Waals surface area contributed by atoms with Gasteiger partial charge in [-0.05, 0) is 78.8 Å². The van der Waals surface area contributed by atoms with E-state index in [9.17, 15) is 10.0 Å². The average molecular weight is 650 g/mol. The molecule has 0 saturated heterocycles. The molecule has 0 unspecified atom stereocenters. The molecule has 0 aliphatic carbocycles. The topological polar surface area (TPSA) is 46.1 Å². The van der Waals surface area contributed by atoms with E-state index in [2.05, 4.69) is 74.6 Å². The van der Waals surface area contributed by atoms with Crippen molar-refractivity contribution in [1.29, 1.82) is 0 Å². The summed E-state index contributed by atoms with van der Waals surface area (Å²) in [6, 6.07) is 18.6. The Hall–Kier alpha value is -1.57. The molecule has 43 heavy (non-hydrogen) atoms. The summed E-state index contributed by atoms with van der Waals surface area (Å²) in [4.78, 5) is 0. The largest absolute Gasteiger partial charge is 0.893 e. The maximum absolute atomic E-state index is 11.0. The summed E-state index contributed by atoms with van der Waals surface area (Å²) < 4.78 is 2.00. The predicted molar refractivity (Wildman–Crippen MR) is 185 cm³/mol. The van der Waals surface area contributed by atoms with Gasteiger partial charge in [-0.1, -0.05) is 90.5 Å². The minimum absolute atomic E-state index is 0.149. The molecule has 0 fully saturated rings. The van der Waals surface area contributed by atoms with Gasteiger partial charge in [-0.15, -0.1) is 13.4 Å². The van der Waals surface area contributed by atoms with E-state index in [1.54, 1.807) is 0 Å². The van der Waals surface area contributed by atoms with Crippen molar-refractivity contribution in [3.8, 4) is 0 Å². The van der Waals surface area contributed by atoms with Crippen LogP contribution in [-0.2, 0) is 5.41 Å². The highest BCUT2D eigenvalue weighted by atomic mass is 35.5. The number of hydrogen-bond donors (Lipinski definition) is 0. The van der Waals surface area contributed by atoms with Crippen molar-refractivity contribution in [2.45, 2.75) is 58.2 Å². The Labute approximate surface area is 277 Å². The fourth-order valence-corrected chi connectivity index (χ4v) is 4.93. The first-order valence-corrected chi connectivity index (χ1v) is 16.0. The van der Waals surface area contributed by atoms with Gasteiger partial charge in [0.05, 0.1) is 56.4 Å². The van der Waals surface area contributed by atoms with E-state index in [-0.39, 0.29) is 6.32 Å². The second kappa shape index (κ2) is 17.2. The van der Waals surface area contributed by atoms with Crippen molar-refractivity contribution in [3.63, 3.8) is 0 Å². The fraction of sp³-hybridized carbons (Fsp3) is 0.486. The van der Waals surface area contributed by atoms with Gasteiger partial charge in [0.25, 0.3) is 0 Å². The molecule has 4 nitrogen and oxygen atoms in total. The summed E-state index contributed by atoms with van der Waals surface area (Å²) in [5.74, 6) is 0. The third kappa shape index (κ3) is 14.4. The summed E-state index contributed by atoms with van der Waals surface area (Å²) in [6.45, 7) is 5.96. The summed E-state index contributed by atoms with van der Waals surface area (Å²) in [6.07, 6.45) is 3.14. The van der Waals surface area contributed by atoms with Gasteiger partial charge in [-0.2, -0.15) is 0 Å². The summed E-state index contributed by atoms with van der Waals surface area (Å²) >= 11 is 19.8. The standard InChI is InChI=1S/C27H28BCl3O2.2C4H12N/c1-18-7-10-21(15-24(18)29)27(13-5-4-6-14-28(32)33,22-11-8-19(2)25(30)16-22)23-12-9-20(3)26(31)17-23;2*1-5(2,3)4/h7-12,15-17H,4-6,13-14H2,1-3H3;2*1-4H3/q-2;2*+1. The lowest BCUT2D eigenvalue weighted by Gasteiger charge is -2.37. The van der Waals surface area contributed by atoms with E-state index in [0.29, 0.717) is 21.5 Å². The van der Waals surface area contributed by atoms with Crippen LogP contribution in [0.1, 0.15) is 59.1 Å². The van der Waals surface area contributed by atoms with Crippen molar-refractivity contribution < 1.29 is 19.0 Å². The lowest BCUT2D eigenvalue weighted by molar-refractivity contribution is -0.849. The molecule has 3 aromatic rings. The number of halogens is 3. The second-order valence-electron chi connectivity index (χ2n) is 14.2. The molecule has 0 aliphatic heterocycles. The highest BCUT2D eigenvalue weighted by Crippen LogP contribution is 2.46. The monoisotopic (exact) mass is 648 g/mol. The van der Waals surface area contributed by atoms with Gasteiger partial charge in [0.2, 0.25) is 0 Å². The van der Waals surface area contributed by atoms with Crippen LogP contribution in [0.15, 0.2) is 54.6 Å². The van der Waals surface area contributed by atoms with E-state index < -0.39 is 12.5 Å². The van der Waals surface area contributed by atoms with Crippen LogP contribution in [0.5, 0.6) is 0 Å². The zero-order chi connectivity index (χ0) is 33.2. The molecule has 8 heteroatoms. The molecule has 0 aromatic heterocycles. The summed E-state index contributed by atoms with van der Waals surface area (Å²) in [5, 5.41) is 24.0. The Morgan fingerprint density at radius 3 is 1.12 bits per heavy atom. The number of quaternary nitrogens is 2. The normalized spacial score (nSPS) is 11.7. The van der Waals surface area contributed by atoms with Crippen molar-refractivity contribution in [2.75, 3.05) is 56.4 Å². The van der Waals surface area contributed by atoms with Crippen molar-refractivity contribution in [1.82, 2.24) is 0 Å². The maximum atomic E-state index is 11.0. The Kier molecular flexibility index (Phi) is 15.8. The molecule has 0 N–H and O–H groups in total. The molecular weight excluding hydrogens is 598 g/mol. The second-order valence-corrected chi connectivity index (χ2v) is 15.4. The van der Waals surface area contributed by atoms with Gasteiger partial charge in [0, 0.05) is 20.5 Å². The Morgan fingerprint density at radius 1 is 0.558 bits per heavy atom. The van der Waals surface area contributed by atoms with Crippen LogP contribution in [0, 0.1) is 20.8 Å². The molecule has 0 atom stereocenters. The van der Waals surface area contributed by atoms with Gasteiger partial charge in [-0.25, -0.2) is 0 Å². The summed E-state index contributed by atoms with van der Waals surface area (Å²) in [5.41, 5.74) is 5.66. The van der Waals surface area contributed by atoms with Gasteiger partial charge in [0.15, 0.2) is 0 Å². The smallest absolute Gasteiger partial charge is 0.0675 e. The zero-order valence-corrected chi connectivity index (χ0v) is 30.4. The van der Waals surface area contributed by atoms with Gasteiger partial charge >= 0.3 is 0 Å². The van der Waals surface area contributed by atoms with E-state index in [1.165, 1.54) is 0 Å². The average Bonchev–Trinajstić information content (AvgIpc) is 2.85. The number of rotatable bonds is 9. The van der Waals surface area contributed by atoms with Crippen LogP contribution < -0.4 is 10.0 Å². The van der Waals surface area contributed by atoms with E-state index in [1.807, 2.05) is 57.2 Å². The first-order valence-electron chi connectivity index (χ1n) is 14.8. The lowest BCUT2D eigenvalue weighted by Crippen LogP contribution is -2.44. The maximum Gasteiger partial charge on any atom is 0.0675 e. The minimum Gasteiger partial charge on any atom is -0.893 e. The number of aryl methyl sites for hydroxylation is 3. The van der Waals surface area contributed by atoms with Crippen molar-refractivity contribution >= 4 is 41.9 Å². The van der Waals surface area contributed by atoms with Crippen LogP contribution in [-0.4, -0.2) is 72.5 Å². The SMILES string of the molecule is C[N+](C)(C)C.C[N+](C)(C)C.Cc1ccc(C(CCCCCB([O-])[O-])(c2ccc(C)c(Cl)c2)c2ccc(C)c(Cl)c2)cc1Cl. The van der Waals surface area contributed by atoms with Crippen LogP contribution in [0.4, 0.5) is 0 Å².